The maximum Gasteiger partial charge on any atom is 0.248 e. The van der Waals surface area contributed by atoms with Crippen LogP contribution < -0.4 is 14.8 Å². The van der Waals surface area contributed by atoms with Gasteiger partial charge >= 0.3 is 0 Å². The molecule has 2 aromatic rings. The topological polar surface area (TPSA) is 47.6 Å². The first kappa shape index (κ1) is 16.6. The highest BCUT2D eigenvalue weighted by molar-refractivity contribution is 6.02. The summed E-state index contributed by atoms with van der Waals surface area (Å²) in [5.74, 6) is 1.34. The zero-order valence-corrected chi connectivity index (χ0v) is 13.4. The molecule has 0 aliphatic rings. The second-order valence-electron chi connectivity index (χ2n) is 4.94. The van der Waals surface area contributed by atoms with E-state index in [0.717, 1.165) is 29.2 Å². The zero-order chi connectivity index (χ0) is 16.5. The van der Waals surface area contributed by atoms with Gasteiger partial charge in [0.2, 0.25) is 5.91 Å². The van der Waals surface area contributed by atoms with E-state index in [0.29, 0.717) is 6.61 Å². The van der Waals surface area contributed by atoms with E-state index in [9.17, 15) is 4.79 Å². The van der Waals surface area contributed by atoms with E-state index in [2.05, 4.69) is 12.2 Å². The van der Waals surface area contributed by atoms with Gasteiger partial charge in [-0.1, -0.05) is 25.1 Å². The number of hydrogen-bond donors (Lipinski definition) is 1. The monoisotopic (exact) mass is 311 g/mol. The Hall–Kier alpha value is -2.75. The minimum Gasteiger partial charge on any atom is -0.497 e. The van der Waals surface area contributed by atoms with Gasteiger partial charge in [-0.3, -0.25) is 4.79 Å². The molecule has 0 saturated heterocycles. The Labute approximate surface area is 136 Å². The molecule has 0 bridgehead atoms. The molecule has 4 nitrogen and oxygen atoms in total. The molecule has 2 rings (SSSR count). The SMILES string of the molecule is CCCOc1ccccc1/C=C/C(=O)Nc1ccc(OC)cc1. The molecule has 1 amide bonds. The molecule has 0 fully saturated rings. The zero-order valence-electron chi connectivity index (χ0n) is 13.4. The lowest BCUT2D eigenvalue weighted by molar-refractivity contribution is -0.111. The number of carbonyl (C=O) groups is 1. The molecule has 0 atom stereocenters. The lowest BCUT2D eigenvalue weighted by Crippen LogP contribution is -2.07. The second kappa shape index (κ2) is 8.63. The summed E-state index contributed by atoms with van der Waals surface area (Å²) in [5, 5.41) is 2.80. The summed E-state index contributed by atoms with van der Waals surface area (Å²) in [6, 6.07) is 14.8. The van der Waals surface area contributed by atoms with Crippen molar-refractivity contribution in [1.82, 2.24) is 0 Å². The van der Waals surface area contributed by atoms with Gasteiger partial charge in [0.05, 0.1) is 13.7 Å². The van der Waals surface area contributed by atoms with E-state index < -0.39 is 0 Å². The Morgan fingerprint density at radius 2 is 1.87 bits per heavy atom. The van der Waals surface area contributed by atoms with E-state index in [1.54, 1.807) is 37.5 Å². The van der Waals surface area contributed by atoms with Gasteiger partial charge in [0.15, 0.2) is 0 Å². The van der Waals surface area contributed by atoms with Crippen LogP contribution in [0.4, 0.5) is 5.69 Å². The van der Waals surface area contributed by atoms with Crippen molar-refractivity contribution in [3.63, 3.8) is 0 Å². The fourth-order valence-corrected chi connectivity index (χ4v) is 1.99. The van der Waals surface area contributed by atoms with Crippen molar-refractivity contribution in [2.75, 3.05) is 19.0 Å². The average molecular weight is 311 g/mol. The van der Waals surface area contributed by atoms with Crippen LogP contribution in [-0.2, 0) is 4.79 Å². The molecular weight excluding hydrogens is 290 g/mol. The molecule has 0 heterocycles. The normalized spacial score (nSPS) is 10.5. The number of carbonyl (C=O) groups excluding carboxylic acids is 1. The molecule has 0 aromatic heterocycles. The molecule has 0 saturated carbocycles. The lowest BCUT2D eigenvalue weighted by atomic mass is 10.2. The number of rotatable bonds is 7. The van der Waals surface area contributed by atoms with E-state index in [1.807, 2.05) is 24.3 Å². The molecule has 0 radical (unpaired) electrons. The number of anilines is 1. The summed E-state index contributed by atoms with van der Waals surface area (Å²) < 4.78 is 10.7. The number of amides is 1. The molecule has 23 heavy (non-hydrogen) atoms. The van der Waals surface area contributed by atoms with Crippen LogP contribution in [0.3, 0.4) is 0 Å². The smallest absolute Gasteiger partial charge is 0.248 e. The highest BCUT2D eigenvalue weighted by Crippen LogP contribution is 2.20. The van der Waals surface area contributed by atoms with Crippen LogP contribution in [0.5, 0.6) is 11.5 Å². The fraction of sp³-hybridized carbons (Fsp3) is 0.211. The van der Waals surface area contributed by atoms with Crippen LogP contribution in [0.15, 0.2) is 54.6 Å². The van der Waals surface area contributed by atoms with Crippen molar-refractivity contribution in [2.45, 2.75) is 13.3 Å². The number of benzene rings is 2. The van der Waals surface area contributed by atoms with Gasteiger partial charge in [-0.05, 0) is 42.8 Å². The van der Waals surface area contributed by atoms with Gasteiger partial charge in [0, 0.05) is 17.3 Å². The lowest BCUT2D eigenvalue weighted by Gasteiger charge is -2.07. The first-order valence-corrected chi connectivity index (χ1v) is 7.58. The molecule has 2 aromatic carbocycles. The van der Waals surface area contributed by atoms with Gasteiger partial charge in [0.1, 0.15) is 11.5 Å². The van der Waals surface area contributed by atoms with Crippen molar-refractivity contribution in [3.05, 3.63) is 60.2 Å². The number of hydrogen-bond acceptors (Lipinski definition) is 3. The summed E-state index contributed by atoms with van der Waals surface area (Å²) in [5.41, 5.74) is 1.60. The third-order valence-corrected chi connectivity index (χ3v) is 3.15. The summed E-state index contributed by atoms with van der Waals surface area (Å²) >= 11 is 0. The summed E-state index contributed by atoms with van der Waals surface area (Å²) in [4.78, 5) is 12.0. The Kier molecular flexibility index (Phi) is 6.24. The van der Waals surface area contributed by atoms with Crippen molar-refractivity contribution >= 4 is 17.7 Å². The maximum absolute atomic E-state index is 12.0. The highest BCUT2D eigenvalue weighted by Gasteiger charge is 2.01. The first-order valence-electron chi connectivity index (χ1n) is 7.58. The fourth-order valence-electron chi connectivity index (χ4n) is 1.99. The molecule has 1 N–H and O–H groups in total. The van der Waals surface area contributed by atoms with E-state index in [4.69, 9.17) is 9.47 Å². The van der Waals surface area contributed by atoms with Crippen molar-refractivity contribution in [3.8, 4) is 11.5 Å². The van der Waals surface area contributed by atoms with Crippen molar-refractivity contribution in [1.29, 1.82) is 0 Å². The third kappa shape index (κ3) is 5.18. The molecular formula is C19H21NO3. The van der Waals surface area contributed by atoms with Crippen molar-refractivity contribution in [2.24, 2.45) is 0 Å². The quantitative estimate of drug-likeness (QED) is 0.782. The number of nitrogens with one attached hydrogen (secondary N) is 1. The van der Waals surface area contributed by atoms with Crippen molar-refractivity contribution < 1.29 is 14.3 Å². The summed E-state index contributed by atoms with van der Waals surface area (Å²) in [6.45, 7) is 2.71. The largest absolute Gasteiger partial charge is 0.497 e. The second-order valence-corrected chi connectivity index (χ2v) is 4.94. The van der Waals surface area contributed by atoms with E-state index in [1.165, 1.54) is 6.08 Å². The average Bonchev–Trinajstić information content (AvgIpc) is 2.59. The number of para-hydroxylation sites is 1. The summed E-state index contributed by atoms with van der Waals surface area (Å²) in [7, 11) is 1.61. The van der Waals surface area contributed by atoms with Crippen LogP contribution in [0.25, 0.3) is 6.08 Å². The summed E-state index contributed by atoms with van der Waals surface area (Å²) in [6.07, 6.45) is 4.19. The predicted molar refractivity (Wildman–Crippen MR) is 92.9 cm³/mol. The van der Waals surface area contributed by atoms with E-state index in [-0.39, 0.29) is 5.91 Å². The Balaban J connectivity index is 2.00. The highest BCUT2D eigenvalue weighted by atomic mass is 16.5. The van der Waals surface area contributed by atoms with Gasteiger partial charge in [-0.25, -0.2) is 0 Å². The molecule has 0 spiro atoms. The third-order valence-electron chi connectivity index (χ3n) is 3.15. The van der Waals surface area contributed by atoms with Gasteiger partial charge < -0.3 is 14.8 Å². The maximum atomic E-state index is 12.0. The Bertz CT molecular complexity index is 663. The van der Waals surface area contributed by atoms with Gasteiger partial charge in [-0.15, -0.1) is 0 Å². The van der Waals surface area contributed by atoms with Crippen LogP contribution >= 0.6 is 0 Å². The molecule has 0 unspecified atom stereocenters. The molecule has 0 aliphatic heterocycles. The Morgan fingerprint density at radius 3 is 2.57 bits per heavy atom. The standard InChI is InChI=1S/C19H21NO3/c1-3-14-23-18-7-5-4-6-15(18)8-13-19(21)20-16-9-11-17(22-2)12-10-16/h4-13H,3,14H2,1-2H3,(H,20,21)/b13-8+. The van der Waals surface area contributed by atoms with E-state index >= 15 is 0 Å². The Morgan fingerprint density at radius 1 is 1.13 bits per heavy atom. The molecule has 0 aliphatic carbocycles. The first-order chi connectivity index (χ1) is 11.2. The van der Waals surface area contributed by atoms with Gasteiger partial charge in [-0.2, -0.15) is 0 Å². The van der Waals surface area contributed by atoms with Crippen LogP contribution in [0.2, 0.25) is 0 Å². The van der Waals surface area contributed by atoms with Crippen LogP contribution in [-0.4, -0.2) is 19.6 Å². The van der Waals surface area contributed by atoms with Crippen LogP contribution in [0, 0.1) is 0 Å². The molecule has 120 valence electrons. The predicted octanol–water partition coefficient (Wildman–Crippen LogP) is 4.14. The molecule has 4 heteroatoms. The minimum atomic E-state index is -0.194. The number of methoxy groups -OCH3 is 1. The minimum absolute atomic E-state index is 0.194. The number of ether oxygens (including phenoxy) is 2. The van der Waals surface area contributed by atoms with Gasteiger partial charge in [0.25, 0.3) is 0 Å². The van der Waals surface area contributed by atoms with Crippen LogP contribution in [0.1, 0.15) is 18.9 Å².